The first-order valence-corrected chi connectivity index (χ1v) is 10.7. The lowest BCUT2D eigenvalue weighted by Crippen LogP contribution is -2.19. The van der Waals surface area contributed by atoms with Crippen LogP contribution in [0.25, 0.3) is 0 Å². The lowest BCUT2D eigenvalue weighted by Gasteiger charge is -2.13. The Balaban J connectivity index is 0.00000129. The fourth-order valence-corrected chi connectivity index (χ4v) is 2.56. The Morgan fingerprint density at radius 1 is 0.909 bits per heavy atom. The summed E-state index contributed by atoms with van der Waals surface area (Å²) in [4.78, 5) is 29.5. The molecule has 0 aliphatic carbocycles. The van der Waals surface area contributed by atoms with Gasteiger partial charge in [0.1, 0.15) is 11.6 Å². The molecule has 3 rings (SSSR count). The van der Waals surface area contributed by atoms with Gasteiger partial charge in [0.25, 0.3) is 11.8 Å². The summed E-state index contributed by atoms with van der Waals surface area (Å²) in [5.74, 6) is 0.0359. The van der Waals surface area contributed by atoms with Crippen molar-refractivity contribution >= 4 is 23.3 Å². The second kappa shape index (κ2) is 14.0. The molecule has 0 radical (unpaired) electrons. The molecule has 0 aliphatic heterocycles. The number of aryl methyl sites for hydroxylation is 1. The van der Waals surface area contributed by atoms with Gasteiger partial charge in [-0.05, 0) is 61.0 Å². The quantitative estimate of drug-likeness (QED) is 0.513. The van der Waals surface area contributed by atoms with E-state index in [2.05, 4.69) is 15.6 Å². The van der Waals surface area contributed by atoms with Crippen LogP contribution in [0.1, 0.15) is 59.5 Å². The number of hydrogen-bond acceptors (Lipinski definition) is 5. The second-order valence-corrected chi connectivity index (χ2v) is 6.23. The van der Waals surface area contributed by atoms with Crippen molar-refractivity contribution in [2.45, 2.75) is 34.6 Å². The Morgan fingerprint density at radius 3 is 2.12 bits per heavy atom. The van der Waals surface area contributed by atoms with Gasteiger partial charge in [-0.15, -0.1) is 0 Å². The highest BCUT2D eigenvalue weighted by atomic mass is 16.5. The molecule has 0 saturated carbocycles. The van der Waals surface area contributed by atoms with Crippen LogP contribution in [0, 0.1) is 18.3 Å². The van der Waals surface area contributed by atoms with Crippen molar-refractivity contribution in [2.24, 2.45) is 0 Å². The molecular formula is C26H30N4O3. The van der Waals surface area contributed by atoms with Crippen LogP contribution in [0.4, 0.5) is 11.5 Å². The Hall–Kier alpha value is -4.18. The fraction of sp³-hybridized carbons (Fsp3) is 0.231. The summed E-state index contributed by atoms with van der Waals surface area (Å²) in [5.41, 5.74) is 2.35. The molecule has 0 saturated heterocycles. The molecule has 0 atom stereocenters. The van der Waals surface area contributed by atoms with Crippen LogP contribution in [0.15, 0.2) is 60.8 Å². The van der Waals surface area contributed by atoms with Crippen LogP contribution in [0.2, 0.25) is 0 Å². The van der Waals surface area contributed by atoms with Gasteiger partial charge in [0.2, 0.25) is 0 Å². The average molecular weight is 447 g/mol. The maximum Gasteiger partial charge on any atom is 0.259 e. The summed E-state index contributed by atoms with van der Waals surface area (Å²) in [6.07, 6.45) is 1.65. The third-order valence-corrected chi connectivity index (χ3v) is 4.15. The van der Waals surface area contributed by atoms with E-state index in [0.29, 0.717) is 28.4 Å². The van der Waals surface area contributed by atoms with E-state index >= 15 is 0 Å². The minimum absolute atomic E-state index is 0.230. The Labute approximate surface area is 195 Å². The molecule has 1 aromatic heterocycles. The highest BCUT2D eigenvalue weighted by Crippen LogP contribution is 2.24. The number of nitriles is 1. The normalized spacial score (nSPS) is 9.12. The van der Waals surface area contributed by atoms with Gasteiger partial charge in [-0.2, -0.15) is 5.26 Å². The summed E-state index contributed by atoms with van der Waals surface area (Å²) in [6.45, 7) is 9.90. The third-order valence-electron chi connectivity index (χ3n) is 4.15. The summed E-state index contributed by atoms with van der Waals surface area (Å²) >= 11 is 0. The highest BCUT2D eigenvalue weighted by molar-refractivity contribution is 6.12. The van der Waals surface area contributed by atoms with Gasteiger partial charge in [-0.1, -0.05) is 33.8 Å². The predicted octanol–water partition coefficient (Wildman–Crippen LogP) is 5.83. The van der Waals surface area contributed by atoms with Crippen molar-refractivity contribution in [3.63, 3.8) is 0 Å². The van der Waals surface area contributed by atoms with E-state index in [1.54, 1.807) is 48.7 Å². The SMILES string of the molecule is CC.CC.COc1ccc(NC(=O)c2ccc(C#N)cc2)c(C(=O)Nc2ccc(C)cn2)c1. The Bertz CT molecular complexity index is 1090. The average Bonchev–Trinajstić information content (AvgIpc) is 2.88. The van der Waals surface area contributed by atoms with E-state index in [4.69, 9.17) is 10.00 Å². The molecular weight excluding hydrogens is 416 g/mol. The first kappa shape index (κ1) is 26.9. The zero-order valence-corrected chi connectivity index (χ0v) is 19.9. The van der Waals surface area contributed by atoms with Gasteiger partial charge in [0.05, 0.1) is 30.0 Å². The molecule has 3 aromatic rings. The van der Waals surface area contributed by atoms with Crippen molar-refractivity contribution in [1.29, 1.82) is 5.26 Å². The number of nitrogens with zero attached hydrogens (tertiary/aromatic N) is 2. The van der Waals surface area contributed by atoms with E-state index in [1.165, 1.54) is 13.2 Å². The standard InChI is InChI=1S/C22H18N4O3.2C2H6/c1-14-3-10-20(24-13-14)26-22(28)18-11-17(29-2)8-9-19(18)25-21(27)16-6-4-15(12-23)5-7-16;2*1-2/h3-11,13H,1-2H3,(H,25,27)(H,24,26,28);2*1-2H3. The number of benzene rings is 2. The Morgan fingerprint density at radius 2 is 1.58 bits per heavy atom. The van der Waals surface area contributed by atoms with Crippen molar-refractivity contribution in [1.82, 2.24) is 4.98 Å². The van der Waals surface area contributed by atoms with E-state index in [1.807, 2.05) is 46.8 Å². The van der Waals surface area contributed by atoms with Crippen LogP contribution in [-0.4, -0.2) is 23.9 Å². The Kier molecular flexibility index (Phi) is 11.4. The maximum atomic E-state index is 12.8. The number of carbonyl (C=O) groups is 2. The van der Waals surface area contributed by atoms with Crippen LogP contribution in [0.3, 0.4) is 0 Å². The monoisotopic (exact) mass is 446 g/mol. The molecule has 172 valence electrons. The van der Waals surface area contributed by atoms with Gasteiger partial charge in [0, 0.05) is 11.8 Å². The second-order valence-electron chi connectivity index (χ2n) is 6.23. The molecule has 7 heteroatoms. The number of nitrogens with one attached hydrogen (secondary N) is 2. The van der Waals surface area contributed by atoms with Crippen molar-refractivity contribution in [2.75, 3.05) is 17.7 Å². The minimum atomic E-state index is -0.435. The molecule has 7 nitrogen and oxygen atoms in total. The first-order chi connectivity index (χ1) is 16.0. The van der Waals surface area contributed by atoms with Gasteiger partial charge in [0.15, 0.2) is 0 Å². The number of aromatic nitrogens is 1. The largest absolute Gasteiger partial charge is 0.497 e. The van der Waals surface area contributed by atoms with Crippen LogP contribution < -0.4 is 15.4 Å². The van der Waals surface area contributed by atoms with Crippen molar-refractivity contribution < 1.29 is 14.3 Å². The topological polar surface area (TPSA) is 104 Å². The number of ether oxygens (including phenoxy) is 1. The summed E-state index contributed by atoms with van der Waals surface area (Å²) in [6, 6.07) is 16.5. The van der Waals surface area contributed by atoms with E-state index < -0.39 is 11.8 Å². The number of carbonyl (C=O) groups excluding carboxylic acids is 2. The molecule has 0 unspecified atom stereocenters. The molecule has 1 heterocycles. The number of methoxy groups -OCH3 is 1. The number of hydrogen-bond donors (Lipinski definition) is 2. The summed E-state index contributed by atoms with van der Waals surface area (Å²) in [5, 5.41) is 14.3. The molecule has 33 heavy (non-hydrogen) atoms. The third kappa shape index (κ3) is 7.78. The van der Waals surface area contributed by atoms with Crippen LogP contribution >= 0.6 is 0 Å². The smallest absolute Gasteiger partial charge is 0.259 e. The summed E-state index contributed by atoms with van der Waals surface area (Å²) < 4.78 is 5.20. The van der Waals surface area contributed by atoms with Gasteiger partial charge < -0.3 is 15.4 Å². The first-order valence-electron chi connectivity index (χ1n) is 10.7. The maximum absolute atomic E-state index is 12.8. The predicted molar refractivity (Wildman–Crippen MR) is 132 cm³/mol. The molecule has 0 spiro atoms. The minimum Gasteiger partial charge on any atom is -0.497 e. The number of pyridine rings is 1. The molecule has 0 aliphatic rings. The number of amides is 2. The summed E-state index contributed by atoms with van der Waals surface area (Å²) in [7, 11) is 1.49. The van der Waals surface area contributed by atoms with E-state index in [9.17, 15) is 9.59 Å². The van der Waals surface area contributed by atoms with Gasteiger partial charge in [-0.3, -0.25) is 9.59 Å². The number of anilines is 2. The van der Waals surface area contributed by atoms with Crippen molar-refractivity contribution in [3.05, 3.63) is 83.0 Å². The fourth-order valence-electron chi connectivity index (χ4n) is 2.56. The van der Waals surface area contributed by atoms with Crippen molar-refractivity contribution in [3.8, 4) is 11.8 Å². The molecule has 0 bridgehead atoms. The van der Waals surface area contributed by atoms with E-state index in [0.717, 1.165) is 5.56 Å². The molecule has 2 amide bonds. The zero-order chi connectivity index (χ0) is 24.8. The van der Waals surface area contributed by atoms with Crippen LogP contribution in [-0.2, 0) is 0 Å². The lowest BCUT2D eigenvalue weighted by atomic mass is 10.1. The highest BCUT2D eigenvalue weighted by Gasteiger charge is 2.16. The number of rotatable bonds is 5. The zero-order valence-electron chi connectivity index (χ0n) is 19.9. The van der Waals surface area contributed by atoms with Crippen LogP contribution in [0.5, 0.6) is 5.75 Å². The van der Waals surface area contributed by atoms with Gasteiger partial charge >= 0.3 is 0 Å². The van der Waals surface area contributed by atoms with Gasteiger partial charge in [-0.25, -0.2) is 4.98 Å². The van der Waals surface area contributed by atoms with E-state index in [-0.39, 0.29) is 5.56 Å². The molecule has 2 N–H and O–H groups in total. The lowest BCUT2D eigenvalue weighted by molar-refractivity contribution is 0.102. The molecule has 0 fully saturated rings. The molecule has 2 aromatic carbocycles.